The molecule has 0 saturated carbocycles. The molecule has 2 amide bonds. The minimum Gasteiger partial charge on any atom is -0.372 e. The van der Waals surface area contributed by atoms with Gasteiger partial charge in [-0.15, -0.1) is 11.6 Å². The van der Waals surface area contributed by atoms with Crippen LogP contribution in [0.4, 0.5) is 5.82 Å². The van der Waals surface area contributed by atoms with Crippen molar-refractivity contribution >= 4 is 29.2 Å². The molecular weight excluding hydrogens is 436 g/mol. The number of aromatic nitrogens is 1. The van der Waals surface area contributed by atoms with Crippen LogP contribution < -0.4 is 15.8 Å². The van der Waals surface area contributed by atoms with E-state index in [2.05, 4.69) is 26.8 Å². The highest BCUT2D eigenvalue weighted by atomic mass is 35.5. The number of piperazine rings is 1. The van der Waals surface area contributed by atoms with E-state index in [0.29, 0.717) is 51.3 Å². The molecule has 4 atom stereocenters. The smallest absolute Gasteiger partial charge is 0.254 e. The second-order valence-electron chi connectivity index (χ2n) is 8.19. The zero-order valence-corrected chi connectivity index (χ0v) is 18.5. The van der Waals surface area contributed by atoms with Crippen LogP contribution in [0.25, 0.3) is 0 Å². The number of anilines is 1. The molecule has 10 nitrogen and oxygen atoms in total. The van der Waals surface area contributed by atoms with Crippen LogP contribution in [0.1, 0.15) is 24.8 Å². The highest BCUT2D eigenvalue weighted by Crippen LogP contribution is 2.24. The third-order valence-electron chi connectivity index (χ3n) is 6.02. The predicted molar refractivity (Wildman–Crippen MR) is 116 cm³/mol. The van der Waals surface area contributed by atoms with Crippen LogP contribution in [0.3, 0.4) is 0 Å². The van der Waals surface area contributed by atoms with Gasteiger partial charge in [0.2, 0.25) is 5.91 Å². The lowest BCUT2D eigenvalue weighted by Crippen LogP contribution is -2.57. The summed E-state index contributed by atoms with van der Waals surface area (Å²) in [6.07, 6.45) is 2.93. The van der Waals surface area contributed by atoms with Gasteiger partial charge in [0.1, 0.15) is 17.3 Å². The van der Waals surface area contributed by atoms with E-state index in [9.17, 15) is 9.59 Å². The zero-order valence-electron chi connectivity index (χ0n) is 17.7. The third-order valence-corrected chi connectivity index (χ3v) is 6.50. The summed E-state index contributed by atoms with van der Waals surface area (Å²) in [7, 11) is 0. The van der Waals surface area contributed by atoms with Gasteiger partial charge >= 0.3 is 0 Å². The molecule has 0 bridgehead atoms. The van der Waals surface area contributed by atoms with Crippen LogP contribution in [0.5, 0.6) is 0 Å². The number of carbonyl (C=O) groups excluding carboxylic acids is 2. The number of hydrogen-bond donors (Lipinski definition) is 2. The number of halogens is 1. The number of ether oxygens (including phenoxy) is 2. The average Bonchev–Trinajstić information content (AvgIpc) is 3.27. The first-order chi connectivity index (χ1) is 15.5. The SMILES string of the molecule is N#Cc1ccc(N2CCN(C(=O)C[C@H]3CC[C@H](COC4CNNC(=O)C4Cl)O3)CC2)nc1. The minimum absolute atomic E-state index is 0.0954. The number of rotatable bonds is 6. The van der Waals surface area contributed by atoms with Crippen molar-refractivity contribution in [1.29, 1.82) is 5.26 Å². The highest BCUT2D eigenvalue weighted by Gasteiger charge is 2.34. The fraction of sp³-hybridized carbons (Fsp3) is 0.619. The van der Waals surface area contributed by atoms with Crippen molar-refractivity contribution in [2.45, 2.75) is 43.0 Å². The normalized spacial score (nSPS) is 28.3. The van der Waals surface area contributed by atoms with E-state index in [-0.39, 0.29) is 24.0 Å². The molecule has 2 N–H and O–H groups in total. The number of hydrazine groups is 1. The van der Waals surface area contributed by atoms with E-state index in [4.69, 9.17) is 26.3 Å². The van der Waals surface area contributed by atoms with Gasteiger partial charge in [0, 0.05) is 38.9 Å². The first-order valence-electron chi connectivity index (χ1n) is 10.9. The molecule has 0 aromatic carbocycles. The fourth-order valence-corrected chi connectivity index (χ4v) is 4.37. The summed E-state index contributed by atoms with van der Waals surface area (Å²) in [5.41, 5.74) is 5.77. The quantitative estimate of drug-likeness (QED) is 0.574. The van der Waals surface area contributed by atoms with E-state index in [1.807, 2.05) is 11.0 Å². The lowest BCUT2D eigenvalue weighted by Gasteiger charge is -2.35. The van der Waals surface area contributed by atoms with Crippen LogP contribution in [-0.4, -0.2) is 84.7 Å². The summed E-state index contributed by atoms with van der Waals surface area (Å²) >= 11 is 6.08. The number of nitrogens with zero attached hydrogens (tertiary/aromatic N) is 4. The van der Waals surface area contributed by atoms with Gasteiger partial charge in [-0.3, -0.25) is 15.0 Å². The standard InChI is InChI=1S/C21H27ClN6O4/c22-20-17(12-25-26-21(20)30)31-13-16-3-2-15(32-16)9-19(29)28-7-5-27(6-8-28)18-4-1-14(10-23)11-24-18/h1,4,11,15-17,20,25H,2-3,5-9,12-13H2,(H,26,30)/t15-,16-,17?,20?/m1/s1. The monoisotopic (exact) mass is 462 g/mol. The maximum absolute atomic E-state index is 12.7. The van der Waals surface area contributed by atoms with Gasteiger partial charge in [0.15, 0.2) is 0 Å². The molecule has 3 aliphatic heterocycles. The van der Waals surface area contributed by atoms with Crippen molar-refractivity contribution in [2.75, 3.05) is 44.2 Å². The van der Waals surface area contributed by atoms with Crippen molar-refractivity contribution in [1.82, 2.24) is 20.7 Å². The Balaban J connectivity index is 1.17. The van der Waals surface area contributed by atoms with Crippen molar-refractivity contribution in [3.05, 3.63) is 23.9 Å². The molecule has 3 aliphatic rings. The van der Waals surface area contributed by atoms with E-state index in [1.54, 1.807) is 12.3 Å². The summed E-state index contributed by atoms with van der Waals surface area (Å²) in [6.45, 7) is 3.47. The maximum Gasteiger partial charge on any atom is 0.254 e. The van der Waals surface area contributed by atoms with Crippen LogP contribution in [0.2, 0.25) is 0 Å². The van der Waals surface area contributed by atoms with Crippen molar-refractivity contribution < 1.29 is 19.1 Å². The van der Waals surface area contributed by atoms with E-state index >= 15 is 0 Å². The molecule has 3 saturated heterocycles. The van der Waals surface area contributed by atoms with Crippen molar-refractivity contribution in [3.8, 4) is 6.07 Å². The summed E-state index contributed by atoms with van der Waals surface area (Å²) in [6, 6.07) is 5.66. The lowest BCUT2D eigenvalue weighted by molar-refractivity contribution is -0.136. The Morgan fingerprint density at radius 2 is 2.06 bits per heavy atom. The summed E-state index contributed by atoms with van der Waals surface area (Å²) in [4.78, 5) is 32.6. The Morgan fingerprint density at radius 3 is 2.78 bits per heavy atom. The largest absolute Gasteiger partial charge is 0.372 e. The molecular formula is C21H27ClN6O4. The van der Waals surface area contributed by atoms with Gasteiger partial charge in [-0.2, -0.15) is 5.26 Å². The lowest BCUT2D eigenvalue weighted by atomic mass is 10.1. The second kappa shape index (κ2) is 10.4. The van der Waals surface area contributed by atoms with Crippen molar-refractivity contribution in [3.63, 3.8) is 0 Å². The molecule has 0 radical (unpaired) electrons. The number of hydrogen-bond acceptors (Lipinski definition) is 8. The van der Waals surface area contributed by atoms with Gasteiger partial charge in [-0.25, -0.2) is 10.4 Å². The topological polar surface area (TPSA) is 120 Å². The van der Waals surface area contributed by atoms with Gasteiger partial charge < -0.3 is 19.3 Å². The Labute approximate surface area is 191 Å². The highest BCUT2D eigenvalue weighted by molar-refractivity contribution is 6.31. The molecule has 2 unspecified atom stereocenters. The molecule has 0 spiro atoms. The summed E-state index contributed by atoms with van der Waals surface area (Å²) in [5.74, 6) is 0.620. The predicted octanol–water partition coefficient (Wildman–Crippen LogP) is 0.167. The van der Waals surface area contributed by atoms with Crippen LogP contribution in [0.15, 0.2) is 18.3 Å². The molecule has 1 aromatic rings. The van der Waals surface area contributed by atoms with Gasteiger partial charge in [-0.1, -0.05) is 0 Å². The molecule has 0 aliphatic carbocycles. The molecule has 4 heterocycles. The molecule has 32 heavy (non-hydrogen) atoms. The summed E-state index contributed by atoms with van der Waals surface area (Å²) < 4.78 is 11.8. The molecule has 172 valence electrons. The number of nitriles is 1. The minimum atomic E-state index is -0.729. The first kappa shape index (κ1) is 22.7. The van der Waals surface area contributed by atoms with Gasteiger partial charge in [0.25, 0.3) is 5.91 Å². The Morgan fingerprint density at radius 1 is 1.28 bits per heavy atom. The van der Waals surface area contributed by atoms with E-state index < -0.39 is 11.5 Å². The fourth-order valence-electron chi connectivity index (χ4n) is 4.16. The Bertz CT molecular complexity index is 855. The average molecular weight is 463 g/mol. The number of nitrogens with one attached hydrogen (secondary N) is 2. The number of carbonyl (C=O) groups is 2. The second-order valence-corrected chi connectivity index (χ2v) is 8.66. The molecule has 3 fully saturated rings. The van der Waals surface area contributed by atoms with Gasteiger partial charge in [0.05, 0.1) is 36.9 Å². The van der Waals surface area contributed by atoms with Crippen molar-refractivity contribution in [2.24, 2.45) is 0 Å². The van der Waals surface area contributed by atoms with E-state index in [0.717, 1.165) is 18.7 Å². The third kappa shape index (κ3) is 5.48. The number of pyridine rings is 1. The molecule has 11 heteroatoms. The molecule has 1 aromatic heterocycles. The molecule has 4 rings (SSSR count). The number of amides is 2. The van der Waals surface area contributed by atoms with Gasteiger partial charge in [-0.05, 0) is 25.0 Å². The maximum atomic E-state index is 12.7. The number of alkyl halides is 1. The van der Waals surface area contributed by atoms with Crippen LogP contribution in [-0.2, 0) is 19.1 Å². The summed E-state index contributed by atoms with van der Waals surface area (Å²) in [5, 5.41) is 8.16. The van der Waals surface area contributed by atoms with Crippen LogP contribution >= 0.6 is 11.6 Å². The Kier molecular flexibility index (Phi) is 7.42. The first-order valence-corrected chi connectivity index (χ1v) is 11.3. The van der Waals surface area contributed by atoms with E-state index in [1.165, 1.54) is 0 Å². The Hall–Kier alpha value is -2.45. The zero-order chi connectivity index (χ0) is 22.5. The van der Waals surface area contributed by atoms with Crippen LogP contribution in [0, 0.1) is 11.3 Å².